The summed E-state index contributed by atoms with van der Waals surface area (Å²) in [6.45, 7) is 0.315. The van der Waals surface area contributed by atoms with E-state index in [4.69, 9.17) is 0 Å². The normalized spacial score (nSPS) is 11.8. The smallest absolute Gasteiger partial charge is 0.268 e. The fourth-order valence-electron chi connectivity index (χ4n) is 1.42. The number of alkyl halides is 3. The molecule has 1 aromatic heterocycles. The molecule has 0 aliphatic carbocycles. The largest absolute Gasteiger partial charge is 0.419 e. The number of nitrogens with zero attached hydrogens (tertiary/aromatic N) is 2. The maximum absolute atomic E-state index is 12.3. The van der Waals surface area contributed by atoms with Crippen molar-refractivity contribution in [2.75, 3.05) is 0 Å². The van der Waals surface area contributed by atoms with Crippen LogP contribution in [0.2, 0.25) is 0 Å². The summed E-state index contributed by atoms with van der Waals surface area (Å²) in [7, 11) is 0. The molecule has 0 aliphatic rings. The summed E-state index contributed by atoms with van der Waals surface area (Å²) in [5.41, 5.74) is 0.156. The predicted octanol–water partition coefficient (Wildman–Crippen LogP) is 3.71. The second-order valence-corrected chi connectivity index (χ2v) is 4.47. The molecule has 0 saturated heterocycles. The molecular weight excluding hydrogens is 297 g/mol. The molecule has 6 heteroatoms. The van der Waals surface area contributed by atoms with E-state index in [0.29, 0.717) is 6.54 Å². The third kappa shape index (κ3) is 3.09. The molecule has 0 bridgehead atoms. The summed E-state index contributed by atoms with van der Waals surface area (Å²) in [6.07, 6.45) is -2.51. The van der Waals surface area contributed by atoms with Crippen LogP contribution >= 0.6 is 15.9 Å². The van der Waals surface area contributed by atoms with E-state index in [9.17, 15) is 13.2 Å². The molecule has 90 valence electrons. The summed E-state index contributed by atoms with van der Waals surface area (Å²) >= 11 is 3.30. The Hall–Kier alpha value is -1.30. The number of hydrogen-bond acceptors (Lipinski definition) is 1. The van der Waals surface area contributed by atoms with Crippen LogP contribution in [0.1, 0.15) is 11.1 Å². The van der Waals surface area contributed by atoms with Crippen LogP contribution in [-0.4, -0.2) is 9.78 Å². The number of benzene rings is 1. The van der Waals surface area contributed by atoms with Crippen molar-refractivity contribution in [3.05, 3.63) is 52.3 Å². The molecule has 0 atom stereocenters. The van der Waals surface area contributed by atoms with Crippen molar-refractivity contribution in [1.29, 1.82) is 0 Å². The van der Waals surface area contributed by atoms with E-state index >= 15 is 0 Å². The van der Waals surface area contributed by atoms with Crippen molar-refractivity contribution in [3.8, 4) is 0 Å². The monoisotopic (exact) mass is 304 g/mol. The highest BCUT2D eigenvalue weighted by molar-refractivity contribution is 9.10. The topological polar surface area (TPSA) is 17.8 Å². The summed E-state index contributed by atoms with van der Waals surface area (Å²) in [4.78, 5) is 0. The minimum absolute atomic E-state index is 0.315. The van der Waals surface area contributed by atoms with Crippen molar-refractivity contribution in [1.82, 2.24) is 9.78 Å². The van der Waals surface area contributed by atoms with Crippen molar-refractivity contribution in [3.63, 3.8) is 0 Å². The van der Waals surface area contributed by atoms with E-state index in [1.54, 1.807) is 0 Å². The molecule has 0 aliphatic heterocycles. The Balaban J connectivity index is 2.17. The zero-order valence-electron chi connectivity index (χ0n) is 8.58. The molecule has 0 spiro atoms. The van der Waals surface area contributed by atoms with Gasteiger partial charge in [-0.2, -0.15) is 18.3 Å². The van der Waals surface area contributed by atoms with E-state index in [1.807, 2.05) is 24.3 Å². The predicted molar refractivity (Wildman–Crippen MR) is 60.5 cm³/mol. The van der Waals surface area contributed by atoms with Gasteiger partial charge in [0.2, 0.25) is 0 Å². The zero-order chi connectivity index (χ0) is 12.5. The quantitative estimate of drug-likeness (QED) is 0.827. The van der Waals surface area contributed by atoms with Crippen molar-refractivity contribution in [2.45, 2.75) is 12.7 Å². The minimum Gasteiger partial charge on any atom is -0.268 e. The van der Waals surface area contributed by atoms with Crippen LogP contribution < -0.4 is 0 Å². The maximum Gasteiger partial charge on any atom is 0.419 e. The minimum atomic E-state index is -4.34. The Morgan fingerprint density at radius 2 is 2.06 bits per heavy atom. The molecule has 0 fully saturated rings. The van der Waals surface area contributed by atoms with Crippen LogP contribution in [0.5, 0.6) is 0 Å². The first-order valence-electron chi connectivity index (χ1n) is 4.79. The van der Waals surface area contributed by atoms with Crippen LogP contribution in [0.25, 0.3) is 0 Å². The standard InChI is InChI=1S/C11H8BrF3N2/c12-10-3-1-2-8(4-10)6-17-7-9(5-16-17)11(13,14)15/h1-5,7H,6H2. The molecule has 0 N–H and O–H groups in total. The fourth-order valence-corrected chi connectivity index (χ4v) is 1.87. The van der Waals surface area contributed by atoms with E-state index in [0.717, 1.165) is 22.4 Å². The van der Waals surface area contributed by atoms with Crippen molar-refractivity contribution in [2.24, 2.45) is 0 Å². The van der Waals surface area contributed by atoms with Gasteiger partial charge in [-0.3, -0.25) is 4.68 Å². The van der Waals surface area contributed by atoms with Crippen molar-refractivity contribution < 1.29 is 13.2 Å². The zero-order valence-corrected chi connectivity index (χ0v) is 10.2. The van der Waals surface area contributed by atoms with Gasteiger partial charge in [-0.05, 0) is 17.7 Å². The van der Waals surface area contributed by atoms with Gasteiger partial charge in [0.05, 0.1) is 18.3 Å². The van der Waals surface area contributed by atoms with Gasteiger partial charge in [0.15, 0.2) is 0 Å². The third-order valence-electron chi connectivity index (χ3n) is 2.19. The van der Waals surface area contributed by atoms with Gasteiger partial charge < -0.3 is 0 Å². The van der Waals surface area contributed by atoms with Gasteiger partial charge in [-0.25, -0.2) is 0 Å². The third-order valence-corrected chi connectivity index (χ3v) is 2.69. The molecule has 2 aromatic rings. The van der Waals surface area contributed by atoms with E-state index < -0.39 is 11.7 Å². The molecule has 1 heterocycles. The highest BCUT2D eigenvalue weighted by Crippen LogP contribution is 2.28. The Morgan fingerprint density at radius 1 is 1.29 bits per heavy atom. The molecule has 1 aromatic carbocycles. The molecular formula is C11H8BrF3N2. The molecule has 0 amide bonds. The number of rotatable bonds is 2. The summed E-state index contributed by atoms with van der Waals surface area (Å²) in [6, 6.07) is 7.36. The van der Waals surface area contributed by atoms with Crippen molar-refractivity contribution >= 4 is 15.9 Å². The maximum atomic E-state index is 12.3. The number of aromatic nitrogens is 2. The Kier molecular flexibility index (Phi) is 3.24. The van der Waals surface area contributed by atoms with Crippen LogP contribution in [-0.2, 0) is 12.7 Å². The second-order valence-electron chi connectivity index (χ2n) is 3.55. The number of halogens is 4. The molecule has 0 radical (unpaired) electrons. The van der Waals surface area contributed by atoms with E-state index in [1.165, 1.54) is 4.68 Å². The lowest BCUT2D eigenvalue weighted by Crippen LogP contribution is -2.04. The summed E-state index contributed by atoms with van der Waals surface area (Å²) < 4.78 is 39.2. The first-order valence-corrected chi connectivity index (χ1v) is 5.58. The average Bonchev–Trinajstić information content (AvgIpc) is 2.65. The van der Waals surface area contributed by atoms with Crippen LogP contribution in [0.3, 0.4) is 0 Å². The molecule has 0 saturated carbocycles. The van der Waals surface area contributed by atoms with E-state index in [2.05, 4.69) is 21.0 Å². The lowest BCUT2D eigenvalue weighted by Gasteiger charge is -2.03. The first-order chi connectivity index (χ1) is 7.95. The Labute approximate surface area is 104 Å². The van der Waals surface area contributed by atoms with Gasteiger partial charge in [-0.1, -0.05) is 28.1 Å². The SMILES string of the molecule is FC(F)(F)c1cnn(Cc2cccc(Br)c2)c1. The Bertz CT molecular complexity index is 519. The Morgan fingerprint density at radius 3 is 2.65 bits per heavy atom. The van der Waals surface area contributed by atoms with E-state index in [-0.39, 0.29) is 0 Å². The van der Waals surface area contributed by atoms with Gasteiger partial charge in [0.1, 0.15) is 0 Å². The highest BCUT2D eigenvalue weighted by atomic mass is 79.9. The van der Waals surface area contributed by atoms with Gasteiger partial charge in [0, 0.05) is 10.7 Å². The first kappa shape index (κ1) is 12.2. The lowest BCUT2D eigenvalue weighted by molar-refractivity contribution is -0.137. The summed E-state index contributed by atoms with van der Waals surface area (Å²) in [5.74, 6) is 0. The van der Waals surface area contributed by atoms with Gasteiger partial charge in [0.25, 0.3) is 0 Å². The fraction of sp³-hybridized carbons (Fsp3) is 0.182. The van der Waals surface area contributed by atoms with Crippen LogP contribution in [0, 0.1) is 0 Å². The van der Waals surface area contributed by atoms with Crippen LogP contribution in [0.15, 0.2) is 41.1 Å². The average molecular weight is 305 g/mol. The van der Waals surface area contributed by atoms with Crippen LogP contribution in [0.4, 0.5) is 13.2 Å². The number of hydrogen-bond donors (Lipinski definition) is 0. The molecule has 2 nitrogen and oxygen atoms in total. The van der Waals surface area contributed by atoms with Gasteiger partial charge >= 0.3 is 6.18 Å². The summed E-state index contributed by atoms with van der Waals surface area (Å²) in [5, 5.41) is 3.69. The lowest BCUT2D eigenvalue weighted by atomic mass is 10.2. The molecule has 0 unspecified atom stereocenters. The van der Waals surface area contributed by atoms with Gasteiger partial charge in [-0.15, -0.1) is 0 Å². The molecule has 17 heavy (non-hydrogen) atoms. The highest BCUT2D eigenvalue weighted by Gasteiger charge is 2.32. The second kappa shape index (κ2) is 4.52. The molecule has 2 rings (SSSR count).